The van der Waals surface area contributed by atoms with Crippen LogP contribution in [0.1, 0.15) is 10.4 Å². The molecule has 3 rings (SSSR count). The van der Waals surface area contributed by atoms with Crippen LogP contribution in [0, 0.1) is 17.5 Å². The van der Waals surface area contributed by atoms with Crippen LogP contribution in [0.25, 0.3) is 0 Å². The van der Waals surface area contributed by atoms with Gasteiger partial charge in [-0.25, -0.2) is 13.2 Å². The Labute approximate surface area is 174 Å². The highest BCUT2D eigenvalue weighted by Gasteiger charge is 2.16. The minimum atomic E-state index is -1.20. The van der Waals surface area contributed by atoms with Crippen molar-refractivity contribution in [2.24, 2.45) is 4.99 Å². The number of pyridine rings is 1. The Balaban J connectivity index is 2.01. The predicted molar refractivity (Wildman–Crippen MR) is 107 cm³/mol. The van der Waals surface area contributed by atoms with E-state index in [0.717, 1.165) is 24.3 Å². The second-order valence-corrected chi connectivity index (χ2v) is 6.44. The Morgan fingerprint density at radius 3 is 2.47 bits per heavy atom. The summed E-state index contributed by atoms with van der Waals surface area (Å²) in [6.45, 7) is 0. The van der Waals surface area contributed by atoms with Gasteiger partial charge in [-0.3, -0.25) is 4.79 Å². The number of aromatic nitrogens is 1. The Morgan fingerprint density at radius 2 is 1.80 bits per heavy atom. The minimum Gasteiger partial charge on any atom is -0.493 e. The molecule has 2 aromatic carbocycles. The Hall–Kier alpha value is -3.59. The topological polar surface area (TPSA) is 77.8 Å². The lowest BCUT2D eigenvalue weighted by Gasteiger charge is -2.22. The van der Waals surface area contributed by atoms with Gasteiger partial charge in [-0.15, -0.1) is 0 Å². The molecule has 1 heterocycles. The van der Waals surface area contributed by atoms with Crippen molar-refractivity contribution < 1.29 is 23.1 Å². The molecule has 0 saturated heterocycles. The molecule has 0 radical (unpaired) electrons. The Bertz CT molecular complexity index is 1140. The van der Waals surface area contributed by atoms with Crippen LogP contribution < -0.4 is 10.2 Å². The zero-order valence-electron chi connectivity index (χ0n) is 15.4. The summed E-state index contributed by atoms with van der Waals surface area (Å²) in [5.41, 5.74) is 0.175. The van der Waals surface area contributed by atoms with Crippen molar-refractivity contribution in [2.45, 2.75) is 0 Å². The number of nitrogens with one attached hydrogen (secondary N) is 1. The van der Waals surface area contributed by atoms with Gasteiger partial charge < -0.3 is 15.3 Å². The maximum atomic E-state index is 13.5. The van der Waals surface area contributed by atoms with Crippen molar-refractivity contribution in [1.82, 2.24) is 4.98 Å². The molecule has 0 atom stereocenters. The van der Waals surface area contributed by atoms with Gasteiger partial charge in [-0.2, -0.15) is 9.98 Å². The number of carbonyl (C=O) groups excluding carboxylic acids is 1. The molecule has 0 bridgehead atoms. The highest BCUT2D eigenvalue weighted by atomic mass is 35.5. The summed E-state index contributed by atoms with van der Waals surface area (Å²) in [5, 5.41) is 12.2. The molecule has 6 nitrogen and oxygen atoms in total. The minimum absolute atomic E-state index is 0.0921. The summed E-state index contributed by atoms with van der Waals surface area (Å²) in [5.74, 6) is -4.03. The third-order valence-electron chi connectivity index (χ3n) is 3.96. The predicted octanol–water partition coefficient (Wildman–Crippen LogP) is 4.60. The van der Waals surface area contributed by atoms with Gasteiger partial charge in [0, 0.05) is 24.4 Å². The highest BCUT2D eigenvalue weighted by molar-refractivity contribution is 6.31. The van der Waals surface area contributed by atoms with Crippen LogP contribution in [-0.4, -0.2) is 29.0 Å². The molecule has 0 saturated carbocycles. The summed E-state index contributed by atoms with van der Waals surface area (Å²) in [7, 11) is 1.51. The summed E-state index contributed by atoms with van der Waals surface area (Å²) in [4.78, 5) is 21.7. The quantitative estimate of drug-likeness (QED) is 0.465. The number of nitrogens with zero attached hydrogens (tertiary/aromatic N) is 3. The van der Waals surface area contributed by atoms with Crippen LogP contribution in [0.4, 0.5) is 24.7 Å². The van der Waals surface area contributed by atoms with E-state index in [4.69, 9.17) is 11.6 Å². The molecular weight excluding hydrogens is 421 g/mol. The number of halogens is 4. The van der Waals surface area contributed by atoms with E-state index in [2.05, 4.69) is 15.3 Å². The van der Waals surface area contributed by atoms with Gasteiger partial charge in [0.15, 0.2) is 11.6 Å². The molecule has 0 unspecified atom stereocenters. The zero-order valence-corrected chi connectivity index (χ0v) is 16.2. The number of carbonyl (C=O) groups is 1. The second-order valence-electron chi connectivity index (χ2n) is 6.03. The van der Waals surface area contributed by atoms with Crippen molar-refractivity contribution >= 4 is 35.0 Å². The lowest BCUT2D eigenvalue weighted by Crippen LogP contribution is -2.34. The summed E-state index contributed by atoms with van der Waals surface area (Å²) >= 11 is 5.83. The normalized spacial score (nSPS) is 11.3. The monoisotopic (exact) mass is 434 g/mol. The fourth-order valence-corrected chi connectivity index (χ4v) is 2.57. The fraction of sp³-hybridized carbons (Fsp3) is 0.0500. The number of benzene rings is 2. The molecule has 1 aromatic heterocycles. The van der Waals surface area contributed by atoms with Gasteiger partial charge >= 0.3 is 0 Å². The average Bonchev–Trinajstić information content (AvgIpc) is 2.71. The first-order chi connectivity index (χ1) is 14.2. The van der Waals surface area contributed by atoms with Crippen LogP contribution in [0.3, 0.4) is 0 Å². The molecule has 154 valence electrons. The number of guanidine groups is 1. The van der Waals surface area contributed by atoms with Crippen LogP contribution in [0.15, 0.2) is 59.6 Å². The largest absolute Gasteiger partial charge is 0.493 e. The first-order valence-corrected chi connectivity index (χ1v) is 8.82. The molecule has 3 aromatic rings. The third kappa shape index (κ3) is 4.87. The first-order valence-electron chi connectivity index (χ1n) is 8.44. The standard InChI is InChI=1S/C20H14ClF3N4O2/c1-28(12-6-8-14(22)13(21)10-12)20(26-17-3-2-4-18(29)25-17)27-19(30)11-5-7-15(23)16(24)9-11/h2-10H,1H3,(H2,25,26,27,29,30). The Morgan fingerprint density at radius 1 is 1.07 bits per heavy atom. The molecule has 2 N–H and O–H groups in total. The van der Waals surface area contributed by atoms with E-state index in [1.807, 2.05) is 0 Å². The summed E-state index contributed by atoms with van der Waals surface area (Å²) in [6, 6.07) is 10.8. The maximum Gasteiger partial charge on any atom is 0.280 e. The van der Waals surface area contributed by atoms with Crippen molar-refractivity contribution in [1.29, 1.82) is 0 Å². The van der Waals surface area contributed by atoms with Crippen molar-refractivity contribution in [3.8, 4) is 5.88 Å². The number of aliphatic imine (C=N–C) groups is 1. The third-order valence-corrected chi connectivity index (χ3v) is 4.25. The SMILES string of the molecule is CN(/C(=N\C(=O)c1ccc(F)c(F)c1)Nc1cccc(O)n1)c1ccc(F)c(Cl)c1. The highest BCUT2D eigenvalue weighted by Crippen LogP contribution is 2.23. The van der Waals surface area contributed by atoms with E-state index < -0.39 is 23.4 Å². The van der Waals surface area contributed by atoms with E-state index in [-0.39, 0.29) is 28.2 Å². The van der Waals surface area contributed by atoms with E-state index >= 15 is 0 Å². The van der Waals surface area contributed by atoms with Gasteiger partial charge in [-0.1, -0.05) is 17.7 Å². The van der Waals surface area contributed by atoms with Crippen LogP contribution in [-0.2, 0) is 0 Å². The lowest BCUT2D eigenvalue weighted by atomic mass is 10.2. The van der Waals surface area contributed by atoms with Crippen LogP contribution in [0.5, 0.6) is 5.88 Å². The summed E-state index contributed by atoms with van der Waals surface area (Å²) < 4.78 is 40.1. The number of hydrogen-bond acceptors (Lipinski definition) is 3. The molecule has 0 aliphatic heterocycles. The number of aromatic hydroxyl groups is 1. The summed E-state index contributed by atoms with van der Waals surface area (Å²) in [6.07, 6.45) is 0. The van der Waals surface area contributed by atoms with Crippen LogP contribution >= 0.6 is 11.6 Å². The molecule has 0 spiro atoms. The van der Waals surface area contributed by atoms with Gasteiger partial charge in [0.2, 0.25) is 11.8 Å². The van der Waals surface area contributed by atoms with E-state index in [0.29, 0.717) is 5.69 Å². The molecule has 0 aliphatic carbocycles. The van der Waals surface area contributed by atoms with Crippen molar-refractivity contribution in [2.75, 3.05) is 17.3 Å². The van der Waals surface area contributed by atoms with E-state index in [1.165, 1.54) is 42.3 Å². The lowest BCUT2D eigenvalue weighted by molar-refractivity contribution is 0.100. The van der Waals surface area contributed by atoms with Gasteiger partial charge in [0.05, 0.1) is 5.02 Å². The van der Waals surface area contributed by atoms with Gasteiger partial charge in [0.25, 0.3) is 5.91 Å². The number of hydrogen-bond donors (Lipinski definition) is 2. The maximum absolute atomic E-state index is 13.5. The van der Waals surface area contributed by atoms with E-state index in [9.17, 15) is 23.1 Å². The molecule has 10 heteroatoms. The van der Waals surface area contributed by atoms with Gasteiger partial charge in [-0.05, 0) is 42.5 Å². The van der Waals surface area contributed by atoms with Crippen molar-refractivity contribution in [3.05, 3.63) is 82.6 Å². The van der Waals surface area contributed by atoms with E-state index in [1.54, 1.807) is 0 Å². The molecule has 0 fully saturated rings. The number of anilines is 2. The second kappa shape index (κ2) is 8.83. The van der Waals surface area contributed by atoms with Crippen molar-refractivity contribution in [3.63, 3.8) is 0 Å². The van der Waals surface area contributed by atoms with Crippen LogP contribution in [0.2, 0.25) is 5.02 Å². The molecule has 1 amide bonds. The zero-order chi connectivity index (χ0) is 21.8. The fourth-order valence-electron chi connectivity index (χ4n) is 2.40. The Kier molecular flexibility index (Phi) is 6.22. The smallest absolute Gasteiger partial charge is 0.280 e. The molecular formula is C20H14ClF3N4O2. The van der Waals surface area contributed by atoms with Gasteiger partial charge in [0.1, 0.15) is 11.6 Å². The molecule has 30 heavy (non-hydrogen) atoms. The first kappa shape index (κ1) is 21.1. The number of amides is 1. The average molecular weight is 435 g/mol. The number of rotatable bonds is 3. The molecule has 0 aliphatic rings.